The lowest BCUT2D eigenvalue weighted by Gasteiger charge is -2.29. The number of fused-ring (bicyclic) bond motifs is 1. The van der Waals surface area contributed by atoms with Crippen molar-refractivity contribution < 1.29 is 9.53 Å². The smallest absolute Gasteiger partial charge is 0.276 e. The summed E-state index contributed by atoms with van der Waals surface area (Å²) in [6.45, 7) is 3.43. The van der Waals surface area contributed by atoms with Gasteiger partial charge in [0.2, 0.25) is 0 Å². The lowest BCUT2D eigenvalue weighted by molar-refractivity contribution is 0.102. The maximum atomic E-state index is 12.5. The van der Waals surface area contributed by atoms with Gasteiger partial charge in [-0.05, 0) is 67.8 Å². The minimum absolute atomic E-state index is 0.280. The Labute approximate surface area is 164 Å². The Kier molecular flexibility index (Phi) is 5.19. The highest BCUT2D eigenvalue weighted by Gasteiger charge is 2.19. The molecule has 1 N–H and O–H groups in total. The molecule has 0 bridgehead atoms. The summed E-state index contributed by atoms with van der Waals surface area (Å²) in [7, 11) is 0. The number of rotatable bonds is 5. The summed E-state index contributed by atoms with van der Waals surface area (Å²) in [5, 5.41) is 11.3. The zero-order valence-electron chi connectivity index (χ0n) is 15.8. The van der Waals surface area contributed by atoms with E-state index in [0.717, 1.165) is 36.6 Å². The van der Waals surface area contributed by atoms with Crippen LogP contribution < -0.4 is 15.0 Å². The number of benzene rings is 2. The van der Waals surface area contributed by atoms with Crippen LogP contribution in [0.4, 0.5) is 17.2 Å². The number of amides is 1. The second-order valence-electron chi connectivity index (χ2n) is 6.57. The van der Waals surface area contributed by atoms with Gasteiger partial charge in [-0.15, -0.1) is 10.2 Å². The summed E-state index contributed by atoms with van der Waals surface area (Å²) < 4.78 is 5.41. The molecule has 0 atom stereocenters. The number of nitrogens with zero attached hydrogens (tertiary/aromatic N) is 3. The Bertz CT molecular complexity index is 955. The van der Waals surface area contributed by atoms with Crippen LogP contribution in [0.5, 0.6) is 5.75 Å². The van der Waals surface area contributed by atoms with Gasteiger partial charge in [-0.2, -0.15) is 0 Å². The normalized spacial score (nSPS) is 13.0. The minimum atomic E-state index is -0.290. The molecule has 3 aromatic rings. The summed E-state index contributed by atoms with van der Waals surface area (Å²) in [5.41, 5.74) is 3.44. The number of ether oxygens (including phenoxy) is 1. The maximum absolute atomic E-state index is 12.5. The van der Waals surface area contributed by atoms with Gasteiger partial charge in [0, 0.05) is 17.9 Å². The van der Waals surface area contributed by atoms with Gasteiger partial charge < -0.3 is 15.0 Å². The van der Waals surface area contributed by atoms with Crippen LogP contribution in [0.15, 0.2) is 60.7 Å². The van der Waals surface area contributed by atoms with Gasteiger partial charge in [0.05, 0.1) is 6.61 Å². The first-order valence-electron chi connectivity index (χ1n) is 9.48. The molecule has 0 aliphatic carbocycles. The predicted octanol–water partition coefficient (Wildman–Crippen LogP) is 4.21. The highest BCUT2D eigenvalue weighted by molar-refractivity contribution is 6.02. The fourth-order valence-electron chi connectivity index (χ4n) is 3.36. The van der Waals surface area contributed by atoms with Crippen LogP contribution in [0.25, 0.3) is 0 Å². The molecule has 1 aromatic heterocycles. The third-order valence-electron chi connectivity index (χ3n) is 4.69. The van der Waals surface area contributed by atoms with Gasteiger partial charge in [-0.25, -0.2) is 0 Å². The summed E-state index contributed by atoms with van der Waals surface area (Å²) in [4.78, 5) is 14.6. The van der Waals surface area contributed by atoms with Crippen molar-refractivity contribution in [1.29, 1.82) is 0 Å². The molecule has 0 saturated carbocycles. The molecule has 0 radical (unpaired) electrons. The van der Waals surface area contributed by atoms with Crippen LogP contribution in [0.1, 0.15) is 29.4 Å². The molecule has 6 heteroatoms. The lowest BCUT2D eigenvalue weighted by atomic mass is 10.0. The van der Waals surface area contributed by atoms with E-state index >= 15 is 0 Å². The van der Waals surface area contributed by atoms with E-state index < -0.39 is 0 Å². The summed E-state index contributed by atoms with van der Waals surface area (Å²) in [6.07, 6.45) is 2.14. The van der Waals surface area contributed by atoms with Gasteiger partial charge in [0.1, 0.15) is 5.75 Å². The van der Waals surface area contributed by atoms with E-state index in [0.29, 0.717) is 12.3 Å². The largest absolute Gasteiger partial charge is 0.494 e. The summed E-state index contributed by atoms with van der Waals surface area (Å²) in [6, 6.07) is 19.1. The van der Waals surface area contributed by atoms with Gasteiger partial charge in [0.15, 0.2) is 11.5 Å². The standard InChI is InChI=1S/C22H22N4O2/c1-2-28-18-11-9-17(10-12-18)23-22(27)19-13-14-21(25-24-19)26-15-5-7-16-6-3-4-8-20(16)26/h3-4,6,8-14H,2,5,7,15H2,1H3,(H,23,27). The first-order chi connectivity index (χ1) is 13.7. The number of nitrogens with one attached hydrogen (secondary N) is 1. The number of hydrogen-bond donors (Lipinski definition) is 1. The molecule has 0 unspecified atom stereocenters. The molecule has 142 valence electrons. The quantitative estimate of drug-likeness (QED) is 0.724. The molecule has 2 heterocycles. The van der Waals surface area contributed by atoms with Crippen molar-refractivity contribution in [2.24, 2.45) is 0 Å². The highest BCUT2D eigenvalue weighted by Crippen LogP contribution is 2.31. The molecule has 2 aromatic carbocycles. The van der Waals surface area contributed by atoms with Crippen molar-refractivity contribution in [3.05, 3.63) is 71.9 Å². The Balaban J connectivity index is 1.47. The lowest BCUT2D eigenvalue weighted by Crippen LogP contribution is -2.26. The first kappa shape index (κ1) is 18.0. The molecule has 0 spiro atoms. The number of para-hydroxylation sites is 1. The van der Waals surface area contributed by atoms with E-state index in [2.05, 4.69) is 38.6 Å². The molecule has 1 aliphatic heterocycles. The molecule has 0 fully saturated rings. The fraction of sp³-hybridized carbons (Fsp3) is 0.227. The average molecular weight is 374 g/mol. The number of anilines is 3. The predicted molar refractivity (Wildman–Crippen MR) is 109 cm³/mol. The van der Waals surface area contributed by atoms with Gasteiger partial charge >= 0.3 is 0 Å². The van der Waals surface area contributed by atoms with E-state index in [1.54, 1.807) is 18.2 Å². The molecule has 4 rings (SSSR count). The Morgan fingerprint density at radius 2 is 1.89 bits per heavy atom. The van der Waals surface area contributed by atoms with E-state index in [-0.39, 0.29) is 11.6 Å². The van der Waals surface area contributed by atoms with E-state index in [1.807, 2.05) is 31.2 Å². The van der Waals surface area contributed by atoms with Crippen molar-refractivity contribution >= 4 is 23.1 Å². The Morgan fingerprint density at radius 1 is 1.07 bits per heavy atom. The van der Waals surface area contributed by atoms with Crippen molar-refractivity contribution in [1.82, 2.24) is 10.2 Å². The van der Waals surface area contributed by atoms with E-state index in [9.17, 15) is 4.79 Å². The first-order valence-corrected chi connectivity index (χ1v) is 9.48. The molecule has 28 heavy (non-hydrogen) atoms. The second-order valence-corrected chi connectivity index (χ2v) is 6.57. The number of aromatic nitrogens is 2. The third-order valence-corrected chi connectivity index (χ3v) is 4.69. The van der Waals surface area contributed by atoms with Crippen LogP contribution >= 0.6 is 0 Å². The molecule has 1 amide bonds. The SMILES string of the molecule is CCOc1ccc(NC(=O)c2ccc(N3CCCc4ccccc43)nn2)cc1. The van der Waals surface area contributed by atoms with Crippen molar-refractivity contribution in [3.8, 4) is 5.75 Å². The second kappa shape index (κ2) is 8.08. The third kappa shape index (κ3) is 3.81. The number of hydrogen-bond acceptors (Lipinski definition) is 5. The molecular weight excluding hydrogens is 352 g/mol. The highest BCUT2D eigenvalue weighted by atomic mass is 16.5. The van der Waals surface area contributed by atoms with Crippen molar-refractivity contribution in [3.63, 3.8) is 0 Å². The van der Waals surface area contributed by atoms with Crippen LogP contribution in [0.3, 0.4) is 0 Å². The van der Waals surface area contributed by atoms with Gasteiger partial charge in [0.25, 0.3) is 5.91 Å². The zero-order valence-corrected chi connectivity index (χ0v) is 15.8. The topological polar surface area (TPSA) is 67.3 Å². The molecule has 1 aliphatic rings. The number of carbonyl (C=O) groups is 1. The number of aryl methyl sites for hydroxylation is 1. The summed E-state index contributed by atoms with van der Waals surface area (Å²) >= 11 is 0. The Morgan fingerprint density at radius 3 is 2.64 bits per heavy atom. The maximum Gasteiger partial charge on any atom is 0.276 e. The monoisotopic (exact) mass is 374 g/mol. The fourth-order valence-corrected chi connectivity index (χ4v) is 3.36. The summed E-state index contributed by atoms with van der Waals surface area (Å²) in [5.74, 6) is 1.23. The van der Waals surface area contributed by atoms with Crippen LogP contribution in [0, 0.1) is 0 Å². The number of carbonyl (C=O) groups excluding carboxylic acids is 1. The Hall–Kier alpha value is -3.41. The van der Waals surface area contributed by atoms with Gasteiger partial charge in [-0.1, -0.05) is 18.2 Å². The van der Waals surface area contributed by atoms with Crippen molar-refractivity contribution in [2.75, 3.05) is 23.4 Å². The van der Waals surface area contributed by atoms with Crippen LogP contribution in [-0.2, 0) is 6.42 Å². The zero-order chi connectivity index (χ0) is 19.3. The molecule has 0 saturated heterocycles. The van der Waals surface area contributed by atoms with E-state index in [4.69, 9.17) is 4.74 Å². The van der Waals surface area contributed by atoms with E-state index in [1.165, 1.54) is 5.56 Å². The average Bonchev–Trinajstić information content (AvgIpc) is 2.75. The minimum Gasteiger partial charge on any atom is -0.494 e. The van der Waals surface area contributed by atoms with Crippen LogP contribution in [0.2, 0.25) is 0 Å². The molecular formula is C22H22N4O2. The van der Waals surface area contributed by atoms with Crippen molar-refractivity contribution in [2.45, 2.75) is 19.8 Å². The van der Waals surface area contributed by atoms with Gasteiger partial charge in [-0.3, -0.25) is 4.79 Å². The molecule has 6 nitrogen and oxygen atoms in total. The van der Waals surface area contributed by atoms with Crippen LogP contribution in [-0.4, -0.2) is 29.3 Å².